The average Bonchev–Trinajstić information content (AvgIpc) is 2.76. The molecule has 6 nitrogen and oxygen atoms in total. The van der Waals surface area contributed by atoms with E-state index in [2.05, 4.69) is 15.6 Å². The first-order valence-electron chi connectivity index (χ1n) is 9.86. The zero-order chi connectivity index (χ0) is 22.7. The second-order valence-corrected chi connectivity index (χ2v) is 6.61. The van der Waals surface area contributed by atoms with Gasteiger partial charge in [0.1, 0.15) is 5.75 Å². The standard InChI is InChI=1S/C22H28F3N3O3.HI/c1-4-26-21(27-12-11-16-7-10-19(29-2)20(13-16)30-3)28-14-17-5-8-18(9-6-17)31-15-22(23,24)25;/h5-10,13H,4,11-12,14-15H2,1-3H3,(H2,26,27,28);1H. The first-order valence-corrected chi connectivity index (χ1v) is 9.86. The number of halogens is 4. The van der Waals surface area contributed by atoms with Gasteiger partial charge in [0.15, 0.2) is 24.1 Å². The molecule has 0 atom stereocenters. The van der Waals surface area contributed by atoms with Crippen LogP contribution in [0.15, 0.2) is 47.5 Å². The summed E-state index contributed by atoms with van der Waals surface area (Å²) in [4.78, 5) is 4.52. The van der Waals surface area contributed by atoms with Crippen LogP contribution in [0, 0.1) is 0 Å². The Balaban J connectivity index is 0.00000512. The minimum absolute atomic E-state index is 0. The van der Waals surface area contributed by atoms with Crippen LogP contribution in [0.2, 0.25) is 0 Å². The molecule has 0 saturated carbocycles. The molecular weight excluding hydrogens is 538 g/mol. The number of alkyl halides is 3. The maximum atomic E-state index is 12.2. The Morgan fingerprint density at radius 3 is 2.19 bits per heavy atom. The molecule has 0 bridgehead atoms. The highest BCUT2D eigenvalue weighted by Crippen LogP contribution is 2.27. The molecular formula is C22H29F3IN3O3. The zero-order valence-corrected chi connectivity index (χ0v) is 20.6. The highest BCUT2D eigenvalue weighted by molar-refractivity contribution is 14.0. The molecule has 0 saturated heterocycles. The molecule has 0 aliphatic carbocycles. The number of nitrogens with one attached hydrogen (secondary N) is 2. The van der Waals surface area contributed by atoms with Gasteiger partial charge >= 0.3 is 6.18 Å². The van der Waals surface area contributed by atoms with Gasteiger partial charge in [-0.3, -0.25) is 0 Å². The number of hydrogen-bond acceptors (Lipinski definition) is 4. The molecule has 2 rings (SSSR count). The van der Waals surface area contributed by atoms with Gasteiger partial charge in [0, 0.05) is 13.1 Å². The lowest BCUT2D eigenvalue weighted by Gasteiger charge is -2.13. The maximum absolute atomic E-state index is 12.2. The molecule has 2 aromatic rings. The van der Waals surface area contributed by atoms with Crippen LogP contribution in [0.25, 0.3) is 0 Å². The number of hydrogen-bond donors (Lipinski definition) is 2. The molecule has 0 unspecified atom stereocenters. The molecule has 178 valence electrons. The summed E-state index contributed by atoms with van der Waals surface area (Å²) in [6.45, 7) is 2.40. The summed E-state index contributed by atoms with van der Waals surface area (Å²) >= 11 is 0. The molecule has 10 heteroatoms. The van der Waals surface area contributed by atoms with Crippen molar-refractivity contribution < 1.29 is 27.4 Å². The number of guanidine groups is 1. The van der Waals surface area contributed by atoms with E-state index >= 15 is 0 Å². The van der Waals surface area contributed by atoms with E-state index in [1.54, 1.807) is 26.4 Å². The summed E-state index contributed by atoms with van der Waals surface area (Å²) in [5, 5.41) is 6.44. The van der Waals surface area contributed by atoms with Gasteiger partial charge in [-0.05, 0) is 48.7 Å². The molecule has 0 aliphatic rings. The van der Waals surface area contributed by atoms with Crippen molar-refractivity contribution in [1.82, 2.24) is 10.6 Å². The second-order valence-electron chi connectivity index (χ2n) is 6.61. The predicted molar refractivity (Wildman–Crippen MR) is 129 cm³/mol. The van der Waals surface area contributed by atoms with Crippen LogP contribution in [-0.4, -0.2) is 46.1 Å². The van der Waals surface area contributed by atoms with Crippen molar-refractivity contribution in [2.75, 3.05) is 33.9 Å². The smallest absolute Gasteiger partial charge is 0.422 e. The van der Waals surface area contributed by atoms with Gasteiger partial charge in [0.25, 0.3) is 0 Å². The van der Waals surface area contributed by atoms with Gasteiger partial charge in [-0.25, -0.2) is 4.99 Å². The number of rotatable bonds is 10. The van der Waals surface area contributed by atoms with Crippen molar-refractivity contribution in [2.24, 2.45) is 4.99 Å². The Morgan fingerprint density at radius 2 is 1.59 bits per heavy atom. The van der Waals surface area contributed by atoms with Crippen molar-refractivity contribution in [3.63, 3.8) is 0 Å². The molecule has 0 fully saturated rings. The van der Waals surface area contributed by atoms with Crippen molar-refractivity contribution in [2.45, 2.75) is 26.1 Å². The number of ether oxygens (including phenoxy) is 3. The van der Waals surface area contributed by atoms with E-state index in [1.165, 1.54) is 12.1 Å². The first-order chi connectivity index (χ1) is 14.8. The summed E-state index contributed by atoms with van der Waals surface area (Å²) in [6, 6.07) is 12.2. The van der Waals surface area contributed by atoms with E-state index in [4.69, 9.17) is 14.2 Å². The Kier molecular flexibility index (Phi) is 12.0. The molecule has 0 spiro atoms. The molecule has 32 heavy (non-hydrogen) atoms. The van der Waals surface area contributed by atoms with E-state index in [0.29, 0.717) is 37.1 Å². The zero-order valence-electron chi connectivity index (χ0n) is 18.3. The Bertz CT molecular complexity index is 847. The van der Waals surface area contributed by atoms with Crippen molar-refractivity contribution >= 4 is 29.9 Å². The van der Waals surface area contributed by atoms with Crippen LogP contribution in [0.5, 0.6) is 17.2 Å². The van der Waals surface area contributed by atoms with E-state index in [-0.39, 0.29) is 29.7 Å². The van der Waals surface area contributed by atoms with Crippen LogP contribution in [-0.2, 0) is 13.0 Å². The van der Waals surface area contributed by atoms with Crippen molar-refractivity contribution in [1.29, 1.82) is 0 Å². The van der Waals surface area contributed by atoms with Gasteiger partial charge in [-0.1, -0.05) is 18.2 Å². The topological polar surface area (TPSA) is 64.1 Å². The lowest BCUT2D eigenvalue weighted by molar-refractivity contribution is -0.153. The molecule has 2 aromatic carbocycles. The van der Waals surface area contributed by atoms with Gasteiger partial charge < -0.3 is 24.8 Å². The van der Waals surface area contributed by atoms with Crippen molar-refractivity contribution in [3.05, 3.63) is 53.6 Å². The average molecular weight is 567 g/mol. The third kappa shape index (κ3) is 9.84. The summed E-state index contributed by atoms with van der Waals surface area (Å²) in [5.41, 5.74) is 1.95. The fourth-order valence-electron chi connectivity index (χ4n) is 2.73. The highest BCUT2D eigenvalue weighted by atomic mass is 127. The number of benzene rings is 2. The molecule has 0 amide bonds. The van der Waals surface area contributed by atoms with Crippen LogP contribution < -0.4 is 24.8 Å². The SMILES string of the molecule is CCNC(=NCc1ccc(OCC(F)(F)F)cc1)NCCc1ccc(OC)c(OC)c1.I. The fraction of sp³-hybridized carbons (Fsp3) is 0.409. The van der Waals surface area contributed by atoms with E-state index in [9.17, 15) is 13.2 Å². The minimum atomic E-state index is -4.35. The Morgan fingerprint density at radius 1 is 0.938 bits per heavy atom. The molecule has 0 radical (unpaired) electrons. The quantitative estimate of drug-likeness (QED) is 0.251. The van der Waals surface area contributed by atoms with Gasteiger partial charge in [0.05, 0.1) is 20.8 Å². The maximum Gasteiger partial charge on any atom is 0.422 e. The normalized spacial score (nSPS) is 11.4. The van der Waals surface area contributed by atoms with Crippen LogP contribution >= 0.6 is 24.0 Å². The third-order valence-electron chi connectivity index (χ3n) is 4.24. The number of nitrogens with zero attached hydrogens (tertiary/aromatic N) is 1. The van der Waals surface area contributed by atoms with Gasteiger partial charge in [-0.15, -0.1) is 24.0 Å². The van der Waals surface area contributed by atoms with Crippen LogP contribution in [0.4, 0.5) is 13.2 Å². The van der Waals surface area contributed by atoms with Gasteiger partial charge in [-0.2, -0.15) is 13.2 Å². The fourth-order valence-corrected chi connectivity index (χ4v) is 2.73. The first kappa shape index (κ1) is 27.7. The van der Waals surface area contributed by atoms with E-state index in [1.807, 2.05) is 25.1 Å². The number of methoxy groups -OCH3 is 2. The van der Waals surface area contributed by atoms with Gasteiger partial charge in [0.2, 0.25) is 0 Å². The summed E-state index contributed by atoms with van der Waals surface area (Å²) in [6.07, 6.45) is -3.59. The second kappa shape index (κ2) is 13.9. The highest BCUT2D eigenvalue weighted by Gasteiger charge is 2.28. The van der Waals surface area contributed by atoms with Crippen molar-refractivity contribution in [3.8, 4) is 17.2 Å². The van der Waals surface area contributed by atoms with E-state index < -0.39 is 12.8 Å². The Hall–Kier alpha value is -2.37. The van der Waals surface area contributed by atoms with E-state index in [0.717, 1.165) is 17.5 Å². The molecule has 0 heterocycles. The monoisotopic (exact) mass is 567 g/mol. The molecule has 0 aromatic heterocycles. The largest absolute Gasteiger partial charge is 0.493 e. The molecule has 0 aliphatic heterocycles. The Labute approximate surface area is 203 Å². The van der Waals surface area contributed by atoms with Crippen LogP contribution in [0.3, 0.4) is 0 Å². The number of aliphatic imine (C=N–C) groups is 1. The lowest BCUT2D eigenvalue weighted by atomic mass is 10.1. The predicted octanol–water partition coefficient (Wildman–Crippen LogP) is 4.56. The summed E-state index contributed by atoms with van der Waals surface area (Å²) in [5.74, 6) is 2.19. The lowest BCUT2D eigenvalue weighted by Crippen LogP contribution is -2.38. The third-order valence-corrected chi connectivity index (χ3v) is 4.24. The molecule has 2 N–H and O–H groups in total. The van der Waals surface area contributed by atoms with Crippen LogP contribution in [0.1, 0.15) is 18.1 Å². The summed E-state index contributed by atoms with van der Waals surface area (Å²) in [7, 11) is 3.20. The minimum Gasteiger partial charge on any atom is -0.493 e. The summed E-state index contributed by atoms with van der Waals surface area (Å²) < 4.78 is 51.9.